The van der Waals surface area contributed by atoms with Crippen LogP contribution in [0.1, 0.15) is 60.5 Å². The maximum Gasteiger partial charge on any atom is 0.408 e. The fourth-order valence-electron chi connectivity index (χ4n) is 2.76. The molecule has 2 N–H and O–H groups in total. The van der Waals surface area contributed by atoms with E-state index in [9.17, 15) is 24.3 Å². The smallest absolute Gasteiger partial charge is 0.408 e. The molecule has 10 nitrogen and oxygen atoms in total. The molecule has 1 aromatic rings. The van der Waals surface area contributed by atoms with Gasteiger partial charge in [0.05, 0.1) is 6.10 Å². The first-order valence-electron chi connectivity index (χ1n) is 11.5. The third-order valence-corrected chi connectivity index (χ3v) is 4.89. The summed E-state index contributed by atoms with van der Waals surface area (Å²) in [6, 6.07) is 7.39. The van der Waals surface area contributed by atoms with E-state index < -0.39 is 54.0 Å². The molecule has 0 heterocycles. The van der Waals surface area contributed by atoms with E-state index in [2.05, 4.69) is 5.32 Å². The van der Waals surface area contributed by atoms with E-state index in [0.717, 1.165) is 5.56 Å². The van der Waals surface area contributed by atoms with Crippen molar-refractivity contribution in [1.82, 2.24) is 5.32 Å². The number of esters is 3. The Morgan fingerprint density at radius 1 is 0.943 bits per heavy atom. The molecule has 0 aliphatic carbocycles. The van der Waals surface area contributed by atoms with Crippen molar-refractivity contribution in [1.29, 1.82) is 0 Å². The quantitative estimate of drug-likeness (QED) is 0.350. The van der Waals surface area contributed by atoms with Gasteiger partial charge in [-0.05, 0) is 46.6 Å². The summed E-state index contributed by atoms with van der Waals surface area (Å²) in [5, 5.41) is 12.2. The summed E-state index contributed by atoms with van der Waals surface area (Å²) in [7, 11) is 0. The summed E-state index contributed by atoms with van der Waals surface area (Å²) >= 11 is 0. The molecular formula is C25H37NO9. The number of hydrogen-bond acceptors (Lipinski definition) is 9. The van der Waals surface area contributed by atoms with Crippen LogP contribution >= 0.6 is 0 Å². The number of alkyl carbamates (subject to hydrolysis) is 1. The Bertz CT molecular complexity index is 848. The van der Waals surface area contributed by atoms with Gasteiger partial charge < -0.3 is 29.4 Å². The first kappa shape index (κ1) is 29.9. The molecule has 5 unspecified atom stereocenters. The van der Waals surface area contributed by atoms with Crippen molar-refractivity contribution < 1.29 is 43.2 Å². The number of rotatable bonds is 11. The van der Waals surface area contributed by atoms with Gasteiger partial charge in [-0.15, -0.1) is 0 Å². The largest absolute Gasteiger partial charge is 0.457 e. The first-order chi connectivity index (χ1) is 16.2. The number of benzene rings is 1. The number of aliphatic hydroxyl groups is 1. The van der Waals surface area contributed by atoms with Crippen molar-refractivity contribution >= 4 is 24.0 Å². The average molecular weight is 496 g/mol. The van der Waals surface area contributed by atoms with Crippen LogP contribution in [0.25, 0.3) is 0 Å². The lowest BCUT2D eigenvalue weighted by molar-refractivity contribution is -0.186. The summed E-state index contributed by atoms with van der Waals surface area (Å²) < 4.78 is 20.8. The van der Waals surface area contributed by atoms with Gasteiger partial charge in [-0.1, -0.05) is 44.2 Å². The molecule has 0 aromatic heterocycles. The van der Waals surface area contributed by atoms with Crippen LogP contribution in [-0.2, 0) is 39.9 Å². The molecule has 0 saturated heterocycles. The van der Waals surface area contributed by atoms with E-state index in [1.807, 2.05) is 13.0 Å². The van der Waals surface area contributed by atoms with Crippen molar-refractivity contribution in [3.05, 3.63) is 35.9 Å². The number of ether oxygens (including phenoxy) is 4. The number of aliphatic hydroxyl groups excluding tert-OH is 1. The first-order valence-corrected chi connectivity index (χ1v) is 11.5. The molecule has 1 rings (SSSR count). The Morgan fingerprint density at radius 2 is 1.54 bits per heavy atom. The van der Waals surface area contributed by atoms with E-state index >= 15 is 0 Å². The topological polar surface area (TPSA) is 137 Å². The molecule has 0 bridgehead atoms. The van der Waals surface area contributed by atoms with Crippen molar-refractivity contribution in [3.8, 4) is 0 Å². The highest BCUT2D eigenvalue weighted by Crippen LogP contribution is 2.18. The SMILES string of the molecule is CCC(C)C(OC(=O)C(C)OC(=O)C(NC(=O)OCc1ccccc1)C(C)O)C(=O)OC(C)(C)C. The molecule has 0 saturated carbocycles. The fraction of sp³-hybridized carbons (Fsp3) is 0.600. The van der Waals surface area contributed by atoms with Crippen LogP contribution in [0, 0.1) is 5.92 Å². The van der Waals surface area contributed by atoms with Gasteiger partial charge in [0, 0.05) is 5.92 Å². The molecule has 0 spiro atoms. The lowest BCUT2D eigenvalue weighted by atomic mass is 10.0. The Morgan fingerprint density at radius 3 is 2.06 bits per heavy atom. The van der Waals surface area contributed by atoms with Crippen molar-refractivity contribution in [2.24, 2.45) is 5.92 Å². The van der Waals surface area contributed by atoms with Crippen LogP contribution < -0.4 is 5.32 Å². The Labute approximate surface area is 206 Å². The Balaban J connectivity index is 2.74. The second kappa shape index (κ2) is 13.7. The highest BCUT2D eigenvalue weighted by atomic mass is 16.6. The minimum Gasteiger partial charge on any atom is -0.457 e. The van der Waals surface area contributed by atoms with E-state index in [0.29, 0.717) is 6.42 Å². The standard InChI is InChI=1S/C25H37NO9/c1-8-15(2)20(23(30)35-25(5,6)7)34-21(28)17(4)33-22(29)19(16(3)27)26-24(31)32-14-18-12-10-9-11-13-18/h9-13,15-17,19-20,27H,8,14H2,1-7H3,(H,26,31). The number of amides is 1. The molecule has 10 heteroatoms. The van der Waals surface area contributed by atoms with Gasteiger partial charge in [-0.25, -0.2) is 19.2 Å². The van der Waals surface area contributed by atoms with Gasteiger partial charge in [-0.2, -0.15) is 0 Å². The van der Waals surface area contributed by atoms with E-state index in [1.54, 1.807) is 52.0 Å². The zero-order chi connectivity index (χ0) is 26.8. The lowest BCUT2D eigenvalue weighted by Gasteiger charge is -2.28. The summed E-state index contributed by atoms with van der Waals surface area (Å²) in [5.74, 6) is -3.09. The summed E-state index contributed by atoms with van der Waals surface area (Å²) in [6.07, 6.45) is -4.37. The zero-order valence-corrected chi connectivity index (χ0v) is 21.4. The van der Waals surface area contributed by atoms with E-state index in [-0.39, 0.29) is 12.5 Å². The molecule has 196 valence electrons. The maximum absolute atomic E-state index is 12.6. The lowest BCUT2D eigenvalue weighted by Crippen LogP contribution is -2.50. The second-order valence-corrected chi connectivity index (χ2v) is 9.28. The highest BCUT2D eigenvalue weighted by Gasteiger charge is 2.36. The normalized spacial score (nSPS) is 15.5. The van der Waals surface area contributed by atoms with Gasteiger partial charge in [0.1, 0.15) is 12.2 Å². The predicted octanol–water partition coefficient (Wildman–Crippen LogP) is 2.89. The van der Waals surface area contributed by atoms with Gasteiger partial charge in [-0.3, -0.25) is 0 Å². The average Bonchev–Trinajstić information content (AvgIpc) is 2.77. The molecule has 1 amide bonds. The molecule has 1 aromatic carbocycles. The Hall–Kier alpha value is -3.14. The second-order valence-electron chi connectivity index (χ2n) is 9.28. The molecular weight excluding hydrogens is 458 g/mol. The summed E-state index contributed by atoms with van der Waals surface area (Å²) in [4.78, 5) is 49.7. The minimum atomic E-state index is -1.50. The van der Waals surface area contributed by atoms with Gasteiger partial charge in [0.15, 0.2) is 12.1 Å². The third kappa shape index (κ3) is 10.8. The van der Waals surface area contributed by atoms with Crippen molar-refractivity contribution in [3.63, 3.8) is 0 Å². The van der Waals surface area contributed by atoms with Crippen LogP contribution in [0.15, 0.2) is 30.3 Å². The molecule has 0 radical (unpaired) electrons. The summed E-state index contributed by atoms with van der Waals surface area (Å²) in [6.45, 7) is 11.1. The maximum atomic E-state index is 12.6. The number of carbonyl (C=O) groups is 4. The number of nitrogens with one attached hydrogen (secondary N) is 1. The van der Waals surface area contributed by atoms with Crippen LogP contribution in [0.4, 0.5) is 4.79 Å². The van der Waals surface area contributed by atoms with Gasteiger partial charge >= 0.3 is 24.0 Å². The molecule has 5 atom stereocenters. The zero-order valence-electron chi connectivity index (χ0n) is 21.4. The van der Waals surface area contributed by atoms with Crippen molar-refractivity contribution in [2.45, 2.75) is 91.4 Å². The molecule has 0 fully saturated rings. The van der Waals surface area contributed by atoms with Gasteiger partial charge in [0.2, 0.25) is 6.10 Å². The number of carbonyl (C=O) groups excluding carboxylic acids is 4. The van der Waals surface area contributed by atoms with Crippen LogP contribution in [0.3, 0.4) is 0 Å². The molecule has 0 aliphatic rings. The van der Waals surface area contributed by atoms with Crippen LogP contribution in [0.2, 0.25) is 0 Å². The molecule has 0 aliphatic heterocycles. The van der Waals surface area contributed by atoms with Crippen molar-refractivity contribution in [2.75, 3.05) is 0 Å². The van der Waals surface area contributed by atoms with E-state index in [1.165, 1.54) is 13.8 Å². The summed E-state index contributed by atoms with van der Waals surface area (Å²) in [5.41, 5.74) is -0.0468. The van der Waals surface area contributed by atoms with Crippen LogP contribution in [-0.4, -0.2) is 59.1 Å². The minimum absolute atomic E-state index is 0.0430. The predicted molar refractivity (Wildman–Crippen MR) is 126 cm³/mol. The third-order valence-electron chi connectivity index (χ3n) is 4.89. The Kier molecular flexibility index (Phi) is 11.7. The highest BCUT2D eigenvalue weighted by molar-refractivity contribution is 5.86. The van der Waals surface area contributed by atoms with Crippen LogP contribution in [0.5, 0.6) is 0 Å². The molecule has 35 heavy (non-hydrogen) atoms. The monoisotopic (exact) mass is 495 g/mol. The van der Waals surface area contributed by atoms with E-state index in [4.69, 9.17) is 18.9 Å². The fourth-order valence-corrected chi connectivity index (χ4v) is 2.76. The number of hydrogen-bond donors (Lipinski definition) is 2. The van der Waals surface area contributed by atoms with Gasteiger partial charge in [0.25, 0.3) is 0 Å².